The number of nitriles is 1. The summed E-state index contributed by atoms with van der Waals surface area (Å²) in [6.07, 6.45) is 1.54. The minimum Gasteiger partial charge on any atom is -0.368 e. The Hall–Kier alpha value is -4.12. The van der Waals surface area contributed by atoms with Gasteiger partial charge >= 0.3 is 0 Å². The van der Waals surface area contributed by atoms with Crippen LogP contribution < -0.4 is 11.6 Å². The summed E-state index contributed by atoms with van der Waals surface area (Å²) in [6.45, 7) is 6.72. The molecule has 0 saturated carbocycles. The Balaban J connectivity index is 1.85. The molecule has 2 heterocycles. The predicted molar refractivity (Wildman–Crippen MR) is 122 cm³/mol. The van der Waals surface area contributed by atoms with Crippen LogP contribution in [0, 0.1) is 11.3 Å². The zero-order chi connectivity index (χ0) is 22.4. The molecule has 0 saturated heterocycles. The summed E-state index contributed by atoms with van der Waals surface area (Å²) >= 11 is 0. The number of hydrazone groups is 1. The first kappa shape index (κ1) is 21.6. The van der Waals surface area contributed by atoms with Crippen LogP contribution in [0.25, 0.3) is 11.3 Å². The third-order valence-electron chi connectivity index (χ3n) is 4.47. The molecule has 0 aliphatic heterocycles. The molecule has 3 aromatic rings. The Morgan fingerprint density at radius 2 is 1.87 bits per heavy atom. The lowest BCUT2D eigenvalue weighted by atomic mass is 9.91. The zero-order valence-corrected chi connectivity index (χ0v) is 17.7. The van der Waals surface area contributed by atoms with E-state index in [0.717, 1.165) is 17.0 Å². The Kier molecular flexibility index (Phi) is 6.36. The van der Waals surface area contributed by atoms with Crippen molar-refractivity contribution >= 4 is 17.9 Å². The van der Waals surface area contributed by atoms with Gasteiger partial charge in [-0.25, -0.2) is 9.97 Å². The molecule has 0 amide bonds. The molecule has 0 unspecified atom stereocenters. The molecule has 0 bridgehead atoms. The van der Waals surface area contributed by atoms with E-state index in [1.807, 2.05) is 24.3 Å². The summed E-state index contributed by atoms with van der Waals surface area (Å²) in [5.74, 6) is 5.66. The second-order valence-corrected chi connectivity index (χ2v) is 7.94. The number of aliphatic imine (C=N–C) groups is 1. The summed E-state index contributed by atoms with van der Waals surface area (Å²) in [5.41, 5.74) is 10.3. The van der Waals surface area contributed by atoms with Crippen LogP contribution in [0.15, 0.2) is 58.6 Å². The fourth-order valence-corrected chi connectivity index (χ4v) is 2.87. The SMILES string of the molecule is CC(C)(C)c1cccc(CN=CC(=NN)c2cc(-c3cccc(C#N)c3)nc(N)n2)n1. The molecule has 8 nitrogen and oxygen atoms in total. The van der Waals surface area contributed by atoms with E-state index in [9.17, 15) is 0 Å². The maximum Gasteiger partial charge on any atom is 0.221 e. The van der Waals surface area contributed by atoms with Crippen LogP contribution in [0.1, 0.15) is 43.4 Å². The van der Waals surface area contributed by atoms with E-state index in [-0.39, 0.29) is 11.4 Å². The van der Waals surface area contributed by atoms with Crippen molar-refractivity contribution in [1.29, 1.82) is 5.26 Å². The van der Waals surface area contributed by atoms with Crippen molar-refractivity contribution < 1.29 is 0 Å². The van der Waals surface area contributed by atoms with Crippen LogP contribution in [-0.4, -0.2) is 26.9 Å². The standard InChI is InChI=1S/C23H24N8/c1-23(2,3)21-9-5-8-17(28-21)13-27-14-20(31-26)19-11-18(29-22(25)30-19)16-7-4-6-15(10-16)12-24/h4-11,14H,13,26H2,1-3H3,(H2,25,29,30). The average molecular weight is 413 g/mol. The first-order valence-electron chi connectivity index (χ1n) is 9.70. The van der Waals surface area contributed by atoms with Gasteiger partial charge in [0.1, 0.15) is 5.71 Å². The summed E-state index contributed by atoms with van der Waals surface area (Å²) in [6, 6.07) is 16.8. The lowest BCUT2D eigenvalue weighted by molar-refractivity contribution is 0.565. The van der Waals surface area contributed by atoms with Crippen molar-refractivity contribution in [2.45, 2.75) is 32.7 Å². The van der Waals surface area contributed by atoms with E-state index in [0.29, 0.717) is 29.2 Å². The highest BCUT2D eigenvalue weighted by atomic mass is 15.1. The Morgan fingerprint density at radius 3 is 2.58 bits per heavy atom. The highest BCUT2D eigenvalue weighted by Gasteiger charge is 2.15. The fraction of sp³-hybridized carbons (Fsp3) is 0.217. The van der Waals surface area contributed by atoms with E-state index >= 15 is 0 Å². The van der Waals surface area contributed by atoms with Crippen molar-refractivity contribution in [2.75, 3.05) is 5.73 Å². The predicted octanol–water partition coefficient (Wildman–Crippen LogP) is 3.22. The number of nitrogens with zero attached hydrogens (tertiary/aromatic N) is 6. The van der Waals surface area contributed by atoms with Gasteiger partial charge in [-0.3, -0.25) is 9.98 Å². The van der Waals surface area contributed by atoms with Crippen molar-refractivity contribution in [3.8, 4) is 17.3 Å². The van der Waals surface area contributed by atoms with Crippen LogP contribution in [-0.2, 0) is 12.0 Å². The Morgan fingerprint density at radius 1 is 1.10 bits per heavy atom. The molecule has 31 heavy (non-hydrogen) atoms. The molecule has 0 aliphatic rings. The summed E-state index contributed by atoms with van der Waals surface area (Å²) in [4.78, 5) is 17.6. The third-order valence-corrected chi connectivity index (χ3v) is 4.47. The smallest absolute Gasteiger partial charge is 0.221 e. The van der Waals surface area contributed by atoms with Crippen LogP contribution in [0.3, 0.4) is 0 Å². The maximum absolute atomic E-state index is 9.13. The van der Waals surface area contributed by atoms with Crippen LogP contribution >= 0.6 is 0 Å². The normalized spacial score (nSPS) is 12.1. The minimum atomic E-state index is -0.0403. The minimum absolute atomic E-state index is 0.0403. The number of nitrogen functional groups attached to an aromatic ring is 1. The van der Waals surface area contributed by atoms with Gasteiger partial charge in [-0.15, -0.1) is 0 Å². The molecule has 3 rings (SSSR count). The van der Waals surface area contributed by atoms with Gasteiger partial charge in [0.15, 0.2) is 0 Å². The van der Waals surface area contributed by atoms with Crippen molar-refractivity contribution in [3.05, 3.63) is 71.2 Å². The molecule has 4 N–H and O–H groups in total. The number of anilines is 1. The first-order chi connectivity index (χ1) is 14.8. The molecule has 2 aromatic heterocycles. The Labute approximate surface area is 181 Å². The van der Waals surface area contributed by atoms with E-state index in [4.69, 9.17) is 16.8 Å². The number of benzene rings is 1. The van der Waals surface area contributed by atoms with E-state index < -0.39 is 0 Å². The number of rotatable bonds is 5. The number of pyridine rings is 1. The molecule has 0 aliphatic carbocycles. The van der Waals surface area contributed by atoms with Gasteiger partial charge in [0, 0.05) is 16.7 Å². The summed E-state index contributed by atoms with van der Waals surface area (Å²) in [5, 5.41) is 12.9. The van der Waals surface area contributed by atoms with Crippen molar-refractivity contribution in [2.24, 2.45) is 15.9 Å². The highest BCUT2D eigenvalue weighted by molar-refractivity contribution is 6.37. The maximum atomic E-state index is 9.13. The second-order valence-electron chi connectivity index (χ2n) is 7.94. The van der Waals surface area contributed by atoms with Gasteiger partial charge in [0.05, 0.1) is 41.5 Å². The average Bonchev–Trinajstić information content (AvgIpc) is 2.76. The topological polar surface area (TPSA) is 139 Å². The van der Waals surface area contributed by atoms with Gasteiger partial charge in [-0.1, -0.05) is 39.0 Å². The van der Waals surface area contributed by atoms with Crippen LogP contribution in [0.5, 0.6) is 0 Å². The van der Waals surface area contributed by atoms with Gasteiger partial charge in [0.2, 0.25) is 5.95 Å². The number of aromatic nitrogens is 3. The molecule has 0 fully saturated rings. The van der Waals surface area contributed by atoms with E-state index in [1.165, 1.54) is 0 Å². The lowest BCUT2D eigenvalue weighted by Crippen LogP contribution is -2.14. The molecular formula is C23H24N8. The van der Waals surface area contributed by atoms with E-state index in [2.05, 4.69) is 51.9 Å². The largest absolute Gasteiger partial charge is 0.368 e. The molecule has 0 spiro atoms. The van der Waals surface area contributed by atoms with Gasteiger partial charge in [-0.2, -0.15) is 10.4 Å². The van der Waals surface area contributed by atoms with Gasteiger partial charge < -0.3 is 11.6 Å². The summed E-state index contributed by atoms with van der Waals surface area (Å²) < 4.78 is 0. The fourth-order valence-electron chi connectivity index (χ4n) is 2.87. The second kappa shape index (κ2) is 9.13. The Bertz CT molecular complexity index is 1180. The van der Waals surface area contributed by atoms with E-state index in [1.54, 1.807) is 30.5 Å². The molecular weight excluding hydrogens is 388 g/mol. The zero-order valence-electron chi connectivity index (χ0n) is 17.7. The molecule has 8 heteroatoms. The van der Waals surface area contributed by atoms with Gasteiger partial charge in [-0.05, 0) is 30.3 Å². The number of nitrogens with two attached hydrogens (primary N) is 2. The number of hydrogen-bond acceptors (Lipinski definition) is 8. The molecule has 0 radical (unpaired) electrons. The monoisotopic (exact) mass is 412 g/mol. The number of hydrogen-bond donors (Lipinski definition) is 2. The highest BCUT2D eigenvalue weighted by Crippen LogP contribution is 2.21. The van der Waals surface area contributed by atoms with Crippen LogP contribution in [0.4, 0.5) is 5.95 Å². The summed E-state index contributed by atoms with van der Waals surface area (Å²) in [7, 11) is 0. The molecule has 1 aromatic carbocycles. The molecule has 0 atom stereocenters. The third kappa shape index (κ3) is 5.48. The molecule has 156 valence electrons. The first-order valence-corrected chi connectivity index (χ1v) is 9.70. The lowest BCUT2D eigenvalue weighted by Gasteiger charge is -2.17. The van der Waals surface area contributed by atoms with Crippen molar-refractivity contribution in [3.63, 3.8) is 0 Å². The quantitative estimate of drug-likeness (QED) is 0.375. The van der Waals surface area contributed by atoms with Crippen LogP contribution in [0.2, 0.25) is 0 Å². The van der Waals surface area contributed by atoms with Crippen molar-refractivity contribution in [1.82, 2.24) is 15.0 Å². The van der Waals surface area contributed by atoms with Gasteiger partial charge in [0.25, 0.3) is 0 Å².